The second-order valence-electron chi connectivity index (χ2n) is 4.55. The van der Waals surface area contributed by atoms with Crippen molar-refractivity contribution in [1.82, 2.24) is 10.3 Å². The summed E-state index contributed by atoms with van der Waals surface area (Å²) in [7, 11) is 0. The molecule has 1 aromatic heterocycles. The first-order chi connectivity index (χ1) is 8.69. The first kappa shape index (κ1) is 13.1. The number of carbonyl (C=O) groups is 1. The highest BCUT2D eigenvalue weighted by Crippen LogP contribution is 2.19. The molecule has 0 saturated heterocycles. The van der Waals surface area contributed by atoms with Crippen molar-refractivity contribution in [1.29, 1.82) is 0 Å². The molecule has 98 valence electrons. The van der Waals surface area contributed by atoms with Crippen molar-refractivity contribution in [2.75, 3.05) is 11.9 Å². The summed E-state index contributed by atoms with van der Waals surface area (Å²) in [6.07, 6.45) is 4.55. The molecule has 1 aliphatic rings. The fourth-order valence-corrected chi connectivity index (χ4v) is 2.45. The van der Waals surface area contributed by atoms with Gasteiger partial charge < -0.3 is 10.6 Å². The smallest absolute Gasteiger partial charge is 0.251 e. The molecule has 0 radical (unpaired) electrons. The molecule has 1 heterocycles. The summed E-state index contributed by atoms with van der Waals surface area (Å²) in [5.74, 6) is 0.576. The van der Waals surface area contributed by atoms with Gasteiger partial charge in [-0.1, -0.05) is 24.4 Å². The van der Waals surface area contributed by atoms with Crippen molar-refractivity contribution >= 4 is 23.3 Å². The zero-order valence-electron chi connectivity index (χ0n) is 10.5. The number of amides is 1. The Labute approximate surface area is 112 Å². The number of anilines is 1. The number of pyridine rings is 1. The van der Waals surface area contributed by atoms with Crippen LogP contribution in [0, 0.1) is 0 Å². The normalized spacial score (nSPS) is 15.7. The van der Waals surface area contributed by atoms with Crippen LogP contribution < -0.4 is 10.6 Å². The maximum atomic E-state index is 12.1. The third-order valence-corrected chi connectivity index (χ3v) is 3.30. The SMILES string of the molecule is CCNc1cc(C(=O)NC2CCCC2)cc(Cl)n1. The lowest BCUT2D eigenvalue weighted by Crippen LogP contribution is -2.32. The van der Waals surface area contributed by atoms with E-state index in [-0.39, 0.29) is 5.91 Å². The average molecular weight is 268 g/mol. The Morgan fingerprint density at radius 1 is 1.44 bits per heavy atom. The summed E-state index contributed by atoms with van der Waals surface area (Å²) >= 11 is 5.92. The molecule has 1 saturated carbocycles. The fourth-order valence-electron chi connectivity index (χ4n) is 2.24. The van der Waals surface area contributed by atoms with E-state index in [1.165, 1.54) is 12.8 Å². The number of hydrogen-bond donors (Lipinski definition) is 2. The van der Waals surface area contributed by atoms with Gasteiger partial charge in [-0.05, 0) is 31.9 Å². The Morgan fingerprint density at radius 3 is 2.83 bits per heavy atom. The Balaban J connectivity index is 2.08. The lowest BCUT2D eigenvalue weighted by molar-refractivity contribution is 0.0938. The summed E-state index contributed by atoms with van der Waals surface area (Å²) in [4.78, 5) is 16.2. The van der Waals surface area contributed by atoms with Crippen molar-refractivity contribution in [3.63, 3.8) is 0 Å². The topological polar surface area (TPSA) is 54.0 Å². The first-order valence-electron chi connectivity index (χ1n) is 6.41. The highest BCUT2D eigenvalue weighted by atomic mass is 35.5. The number of nitrogens with one attached hydrogen (secondary N) is 2. The number of nitrogens with zero attached hydrogens (tertiary/aromatic N) is 1. The maximum absolute atomic E-state index is 12.1. The van der Waals surface area contributed by atoms with Crippen LogP contribution in [0.15, 0.2) is 12.1 Å². The minimum absolute atomic E-state index is 0.0645. The summed E-state index contributed by atoms with van der Waals surface area (Å²) in [6, 6.07) is 3.65. The molecule has 1 aliphatic carbocycles. The van der Waals surface area contributed by atoms with E-state index in [0.717, 1.165) is 19.4 Å². The number of aromatic nitrogens is 1. The molecular formula is C13H18ClN3O. The largest absolute Gasteiger partial charge is 0.370 e. The predicted molar refractivity (Wildman–Crippen MR) is 73.1 cm³/mol. The van der Waals surface area contributed by atoms with Crippen molar-refractivity contribution in [2.24, 2.45) is 0 Å². The van der Waals surface area contributed by atoms with Gasteiger partial charge in [0.2, 0.25) is 0 Å². The lowest BCUT2D eigenvalue weighted by atomic mass is 10.2. The number of hydrogen-bond acceptors (Lipinski definition) is 3. The van der Waals surface area contributed by atoms with Crippen LogP contribution in [0.3, 0.4) is 0 Å². The highest BCUT2D eigenvalue weighted by Gasteiger charge is 2.18. The molecule has 1 amide bonds. The molecule has 0 spiro atoms. The van der Waals surface area contributed by atoms with Gasteiger partial charge in [0, 0.05) is 18.2 Å². The second-order valence-corrected chi connectivity index (χ2v) is 4.94. The van der Waals surface area contributed by atoms with Crippen molar-refractivity contribution in [3.8, 4) is 0 Å². The van der Waals surface area contributed by atoms with E-state index >= 15 is 0 Å². The Bertz CT molecular complexity index is 430. The molecule has 1 fully saturated rings. The predicted octanol–water partition coefficient (Wildman–Crippen LogP) is 2.84. The van der Waals surface area contributed by atoms with Gasteiger partial charge in [0.25, 0.3) is 5.91 Å². The minimum atomic E-state index is -0.0645. The number of carbonyl (C=O) groups excluding carboxylic acids is 1. The molecule has 4 nitrogen and oxygen atoms in total. The zero-order valence-corrected chi connectivity index (χ0v) is 11.3. The first-order valence-corrected chi connectivity index (χ1v) is 6.79. The summed E-state index contributed by atoms with van der Waals surface area (Å²) in [5.41, 5.74) is 0.567. The van der Waals surface area contributed by atoms with Gasteiger partial charge in [-0.15, -0.1) is 0 Å². The van der Waals surface area contributed by atoms with E-state index in [9.17, 15) is 4.79 Å². The molecule has 0 aromatic carbocycles. The number of halogens is 1. The molecule has 0 bridgehead atoms. The van der Waals surface area contributed by atoms with Crippen molar-refractivity contribution in [2.45, 2.75) is 38.6 Å². The molecule has 2 N–H and O–H groups in total. The van der Waals surface area contributed by atoms with Crippen LogP contribution in [0.25, 0.3) is 0 Å². The van der Waals surface area contributed by atoms with E-state index in [2.05, 4.69) is 15.6 Å². The van der Waals surface area contributed by atoms with Gasteiger partial charge >= 0.3 is 0 Å². The van der Waals surface area contributed by atoms with Gasteiger partial charge in [0.15, 0.2) is 0 Å². The Hall–Kier alpha value is -1.29. The van der Waals surface area contributed by atoms with Crippen molar-refractivity contribution < 1.29 is 4.79 Å². The molecule has 18 heavy (non-hydrogen) atoms. The van der Waals surface area contributed by atoms with Crippen LogP contribution in [0.5, 0.6) is 0 Å². The van der Waals surface area contributed by atoms with E-state index in [0.29, 0.717) is 22.6 Å². The van der Waals surface area contributed by atoms with E-state index in [1.54, 1.807) is 12.1 Å². The molecule has 0 unspecified atom stereocenters. The highest BCUT2D eigenvalue weighted by molar-refractivity contribution is 6.29. The molecule has 5 heteroatoms. The molecular weight excluding hydrogens is 250 g/mol. The van der Waals surface area contributed by atoms with Crippen LogP contribution in [0.4, 0.5) is 5.82 Å². The monoisotopic (exact) mass is 267 g/mol. The summed E-state index contributed by atoms with van der Waals surface area (Å²) in [5, 5.41) is 6.44. The van der Waals surface area contributed by atoms with Crippen LogP contribution in [-0.2, 0) is 0 Å². The lowest BCUT2D eigenvalue weighted by Gasteiger charge is -2.12. The van der Waals surface area contributed by atoms with Crippen molar-refractivity contribution in [3.05, 3.63) is 22.8 Å². The van der Waals surface area contributed by atoms with Gasteiger partial charge in [-0.3, -0.25) is 4.79 Å². The van der Waals surface area contributed by atoms with Gasteiger partial charge in [-0.2, -0.15) is 0 Å². The third-order valence-electron chi connectivity index (χ3n) is 3.10. The number of rotatable bonds is 4. The summed E-state index contributed by atoms with van der Waals surface area (Å²) < 4.78 is 0. The second kappa shape index (κ2) is 6.05. The Morgan fingerprint density at radius 2 is 2.17 bits per heavy atom. The Kier molecular flexibility index (Phi) is 4.42. The van der Waals surface area contributed by atoms with Gasteiger partial charge in [0.05, 0.1) is 0 Å². The quantitative estimate of drug-likeness (QED) is 0.825. The maximum Gasteiger partial charge on any atom is 0.251 e. The van der Waals surface area contributed by atoms with Gasteiger partial charge in [-0.25, -0.2) is 4.98 Å². The van der Waals surface area contributed by atoms with Crippen LogP contribution in [0.1, 0.15) is 43.0 Å². The molecule has 1 aromatic rings. The molecule has 0 aliphatic heterocycles. The minimum Gasteiger partial charge on any atom is -0.370 e. The van der Waals surface area contributed by atoms with Gasteiger partial charge in [0.1, 0.15) is 11.0 Å². The summed E-state index contributed by atoms with van der Waals surface area (Å²) in [6.45, 7) is 2.72. The zero-order chi connectivity index (χ0) is 13.0. The fraction of sp³-hybridized carbons (Fsp3) is 0.538. The molecule has 0 atom stereocenters. The van der Waals surface area contributed by atoms with Crippen LogP contribution in [-0.4, -0.2) is 23.5 Å². The van der Waals surface area contributed by atoms with E-state index in [1.807, 2.05) is 6.92 Å². The average Bonchev–Trinajstić information content (AvgIpc) is 2.81. The van der Waals surface area contributed by atoms with E-state index in [4.69, 9.17) is 11.6 Å². The third kappa shape index (κ3) is 3.35. The van der Waals surface area contributed by atoms with Crippen LogP contribution in [0.2, 0.25) is 5.15 Å². The van der Waals surface area contributed by atoms with Crippen LogP contribution >= 0.6 is 11.6 Å². The van der Waals surface area contributed by atoms with E-state index < -0.39 is 0 Å². The molecule has 2 rings (SSSR count). The standard InChI is InChI=1S/C13H18ClN3O/c1-2-15-12-8-9(7-11(14)17-12)13(18)16-10-5-3-4-6-10/h7-8,10H,2-6H2,1H3,(H,15,17)(H,16,18).